The van der Waals surface area contributed by atoms with Crippen molar-refractivity contribution in [3.05, 3.63) is 71.5 Å². The first-order chi connectivity index (χ1) is 14.7. The van der Waals surface area contributed by atoms with Crippen LogP contribution in [-0.2, 0) is 30.1 Å². The van der Waals surface area contributed by atoms with E-state index in [2.05, 4.69) is 10.5 Å². The van der Waals surface area contributed by atoms with Gasteiger partial charge in [0.15, 0.2) is 5.84 Å². The number of esters is 1. The summed E-state index contributed by atoms with van der Waals surface area (Å²) in [7, 11) is 2.52. The molecule has 0 aliphatic heterocycles. The highest BCUT2D eigenvalue weighted by atomic mass is 19.4. The molecule has 0 fully saturated rings. The number of benzene rings is 2. The zero-order valence-electron chi connectivity index (χ0n) is 16.8. The van der Waals surface area contributed by atoms with Crippen molar-refractivity contribution < 1.29 is 37.1 Å². The summed E-state index contributed by atoms with van der Waals surface area (Å²) in [6, 6.07) is 10.6. The maximum Gasteiger partial charge on any atom is 0.416 e. The van der Waals surface area contributed by atoms with Gasteiger partial charge in [-0.1, -0.05) is 30.3 Å². The lowest BCUT2D eigenvalue weighted by atomic mass is 9.99. The molecule has 7 nitrogen and oxygen atoms in total. The van der Waals surface area contributed by atoms with Crippen LogP contribution in [0.15, 0.2) is 59.8 Å². The lowest BCUT2D eigenvalue weighted by molar-refractivity contribution is -0.145. The van der Waals surface area contributed by atoms with Crippen LogP contribution in [0.5, 0.6) is 0 Å². The highest BCUT2D eigenvalue weighted by Crippen LogP contribution is 2.32. The van der Waals surface area contributed by atoms with E-state index in [0.29, 0.717) is 0 Å². The second-order valence-corrected chi connectivity index (χ2v) is 6.01. The van der Waals surface area contributed by atoms with Crippen LogP contribution in [0.4, 0.5) is 18.9 Å². The van der Waals surface area contributed by atoms with Crippen molar-refractivity contribution in [2.45, 2.75) is 13.1 Å². The maximum absolute atomic E-state index is 13.1. The zero-order valence-corrected chi connectivity index (χ0v) is 16.8. The van der Waals surface area contributed by atoms with E-state index in [9.17, 15) is 22.8 Å². The number of carbonyl (C=O) groups is 2. The van der Waals surface area contributed by atoms with Crippen LogP contribution in [0, 0.1) is 0 Å². The van der Waals surface area contributed by atoms with Crippen LogP contribution in [0.1, 0.15) is 23.6 Å². The first kappa shape index (κ1) is 23.5. The summed E-state index contributed by atoms with van der Waals surface area (Å²) in [6.45, 7) is 1.13. The molecule has 0 saturated carbocycles. The van der Waals surface area contributed by atoms with Gasteiger partial charge >= 0.3 is 18.1 Å². The Morgan fingerprint density at radius 1 is 1.03 bits per heavy atom. The van der Waals surface area contributed by atoms with Crippen LogP contribution in [-0.4, -0.2) is 32.0 Å². The molecule has 2 rings (SSSR count). The molecule has 0 aromatic heterocycles. The van der Waals surface area contributed by atoms with E-state index in [0.717, 1.165) is 25.3 Å². The zero-order chi connectivity index (χ0) is 23.0. The summed E-state index contributed by atoms with van der Waals surface area (Å²) in [4.78, 5) is 32.5. The lowest BCUT2D eigenvalue weighted by Crippen LogP contribution is -2.28. The molecule has 0 unspecified atom stereocenters. The molecule has 31 heavy (non-hydrogen) atoms. The molecule has 0 bridgehead atoms. The van der Waals surface area contributed by atoms with Gasteiger partial charge in [-0.05, 0) is 18.2 Å². The molecule has 0 saturated heterocycles. The Morgan fingerprint density at radius 3 is 2.29 bits per heavy atom. The van der Waals surface area contributed by atoms with Crippen LogP contribution in [0.2, 0.25) is 0 Å². The Bertz CT molecular complexity index is 1020. The van der Waals surface area contributed by atoms with Crippen molar-refractivity contribution >= 4 is 29.0 Å². The minimum Gasteiger partial charge on any atom is -0.503 e. The van der Waals surface area contributed by atoms with Gasteiger partial charge in [0.25, 0.3) is 0 Å². The fourth-order valence-electron chi connectivity index (χ4n) is 2.51. The van der Waals surface area contributed by atoms with Gasteiger partial charge in [0.1, 0.15) is 5.57 Å². The van der Waals surface area contributed by atoms with Gasteiger partial charge in [-0.2, -0.15) is 18.7 Å². The van der Waals surface area contributed by atoms with Crippen molar-refractivity contribution in [3.8, 4) is 0 Å². The van der Waals surface area contributed by atoms with Crippen LogP contribution in [0.25, 0.3) is 5.57 Å². The Labute approximate surface area is 176 Å². The molecule has 0 aliphatic carbocycles. The topological polar surface area (TPSA) is 86.2 Å². The predicted octanol–water partition coefficient (Wildman–Crippen LogP) is 4.01. The fraction of sp³-hybridized carbons (Fsp3) is 0.190. The summed E-state index contributed by atoms with van der Waals surface area (Å²) in [6.07, 6.45) is -3.41. The van der Waals surface area contributed by atoms with Crippen LogP contribution >= 0.6 is 0 Å². The first-order valence-corrected chi connectivity index (χ1v) is 8.77. The minimum absolute atomic E-state index is 0.0157. The van der Waals surface area contributed by atoms with Crippen LogP contribution < -0.4 is 5.48 Å². The van der Waals surface area contributed by atoms with E-state index in [1.54, 1.807) is 18.2 Å². The summed E-state index contributed by atoms with van der Waals surface area (Å²) in [5.74, 6) is -1.55. The number of alkyl halides is 3. The molecule has 0 aliphatic rings. The second kappa shape index (κ2) is 10.3. The molecule has 2 aromatic carbocycles. The molecular formula is C21H19F3N2O5. The molecule has 0 radical (unpaired) electrons. The number of ether oxygens (including phenoxy) is 2. The van der Waals surface area contributed by atoms with Crippen molar-refractivity contribution in [2.75, 3.05) is 14.2 Å². The largest absolute Gasteiger partial charge is 0.503 e. The highest BCUT2D eigenvalue weighted by Gasteiger charge is 2.30. The number of nitrogens with one attached hydrogen (secondary N) is 1. The molecule has 0 atom stereocenters. The monoisotopic (exact) mass is 436 g/mol. The van der Waals surface area contributed by atoms with Gasteiger partial charge in [-0.15, -0.1) is 0 Å². The minimum atomic E-state index is -4.56. The number of amidine groups is 1. The third-order valence-electron chi connectivity index (χ3n) is 3.82. The SMILES string of the molecule is CO/C=C(/C(=O)OC)c1ccccc1C(=Nc1cccc(C(F)(F)F)c1)NOC(C)=O. The number of hydrogen-bond acceptors (Lipinski definition) is 6. The average Bonchev–Trinajstić information content (AvgIpc) is 2.74. The van der Waals surface area contributed by atoms with Crippen molar-refractivity contribution in [2.24, 2.45) is 4.99 Å². The maximum atomic E-state index is 13.1. The predicted molar refractivity (Wildman–Crippen MR) is 106 cm³/mol. The summed E-state index contributed by atoms with van der Waals surface area (Å²) >= 11 is 0. The number of aliphatic imine (C=N–C) groups is 1. The summed E-state index contributed by atoms with van der Waals surface area (Å²) < 4.78 is 48.9. The third-order valence-corrected chi connectivity index (χ3v) is 3.82. The van der Waals surface area contributed by atoms with Crippen molar-refractivity contribution in [1.82, 2.24) is 5.48 Å². The first-order valence-electron chi connectivity index (χ1n) is 8.77. The Hall–Kier alpha value is -3.82. The Morgan fingerprint density at radius 2 is 1.71 bits per heavy atom. The Balaban J connectivity index is 2.66. The van der Waals surface area contributed by atoms with Crippen molar-refractivity contribution in [3.63, 3.8) is 0 Å². The van der Waals surface area contributed by atoms with Gasteiger partial charge in [-0.25, -0.2) is 9.79 Å². The molecule has 0 spiro atoms. The molecule has 0 amide bonds. The fourth-order valence-corrected chi connectivity index (χ4v) is 2.51. The van der Waals surface area contributed by atoms with Gasteiger partial charge in [0.2, 0.25) is 0 Å². The van der Waals surface area contributed by atoms with E-state index in [1.165, 1.54) is 32.4 Å². The summed E-state index contributed by atoms with van der Waals surface area (Å²) in [5.41, 5.74) is 1.92. The number of rotatable bonds is 5. The number of nitrogens with zero attached hydrogens (tertiary/aromatic N) is 1. The number of hydroxylamine groups is 1. The number of methoxy groups -OCH3 is 2. The van der Waals surface area contributed by atoms with E-state index in [4.69, 9.17) is 14.3 Å². The van der Waals surface area contributed by atoms with E-state index in [1.807, 2.05) is 0 Å². The van der Waals surface area contributed by atoms with Gasteiger partial charge in [0.05, 0.1) is 31.7 Å². The van der Waals surface area contributed by atoms with E-state index < -0.39 is 23.7 Å². The van der Waals surface area contributed by atoms with E-state index in [-0.39, 0.29) is 28.2 Å². The quantitative estimate of drug-likeness (QED) is 0.190. The molecule has 10 heteroatoms. The Kier molecular flexibility index (Phi) is 7.78. The van der Waals surface area contributed by atoms with Gasteiger partial charge < -0.3 is 14.3 Å². The number of hydrogen-bond donors (Lipinski definition) is 1. The number of carbonyl (C=O) groups excluding carboxylic acids is 2. The third kappa shape index (κ3) is 6.33. The van der Waals surface area contributed by atoms with Gasteiger partial charge in [-0.3, -0.25) is 4.79 Å². The molecule has 0 heterocycles. The molecule has 2 aromatic rings. The standard InChI is InChI=1S/C21H19F3N2O5/c1-13(27)31-26-19(25-15-8-6-7-14(11-15)21(22,23)24)17-10-5-4-9-16(17)18(12-29-2)20(28)30-3/h4-12H,1-3H3,(H,25,26)/b18-12+. The highest BCUT2D eigenvalue weighted by molar-refractivity contribution is 6.19. The molecule has 164 valence electrons. The number of halogens is 3. The molecular weight excluding hydrogens is 417 g/mol. The van der Waals surface area contributed by atoms with Crippen LogP contribution in [0.3, 0.4) is 0 Å². The lowest BCUT2D eigenvalue weighted by Gasteiger charge is -2.15. The van der Waals surface area contributed by atoms with Crippen molar-refractivity contribution in [1.29, 1.82) is 0 Å². The summed E-state index contributed by atoms with van der Waals surface area (Å²) in [5, 5.41) is 0. The van der Waals surface area contributed by atoms with Gasteiger partial charge in [0, 0.05) is 18.1 Å². The van der Waals surface area contributed by atoms with E-state index >= 15 is 0 Å². The normalized spacial score (nSPS) is 12.2. The smallest absolute Gasteiger partial charge is 0.416 e. The molecule has 1 N–H and O–H groups in total. The average molecular weight is 436 g/mol. The second-order valence-electron chi connectivity index (χ2n) is 6.01.